The number of carbonyl (C=O) groups is 1. The molecule has 0 unspecified atom stereocenters. The SMILES string of the molecule is CC[N+](C)(C)c1ccc(O)cc1C.CNC(=O)[O-].I. The quantitative estimate of drug-likeness (QED) is 0.601. The van der Waals surface area contributed by atoms with Crippen molar-refractivity contribution in [2.45, 2.75) is 13.8 Å². The Hall–Kier alpha value is -1.02. The molecule has 0 aliphatic carbocycles. The topological polar surface area (TPSA) is 72.4 Å². The van der Waals surface area contributed by atoms with Crippen LogP contribution in [-0.4, -0.2) is 38.9 Å². The second-order valence-electron chi connectivity index (χ2n) is 4.51. The Morgan fingerprint density at radius 3 is 2.21 bits per heavy atom. The fourth-order valence-electron chi connectivity index (χ4n) is 1.49. The number of nitrogens with one attached hydrogen (secondary N) is 1. The Morgan fingerprint density at radius 1 is 1.42 bits per heavy atom. The van der Waals surface area contributed by atoms with Crippen LogP contribution in [0.25, 0.3) is 0 Å². The molecule has 0 saturated heterocycles. The predicted octanol–water partition coefficient (Wildman–Crippen LogP) is 1.45. The van der Waals surface area contributed by atoms with E-state index in [-0.39, 0.29) is 24.0 Å². The second-order valence-corrected chi connectivity index (χ2v) is 4.51. The zero-order valence-corrected chi connectivity index (χ0v) is 14.4. The number of hydrogen-bond acceptors (Lipinski definition) is 3. The van der Waals surface area contributed by atoms with Gasteiger partial charge in [0.25, 0.3) is 0 Å². The van der Waals surface area contributed by atoms with Crippen LogP contribution in [0, 0.1) is 6.92 Å². The fraction of sp³-hybridized carbons (Fsp3) is 0.462. The number of rotatable bonds is 2. The minimum atomic E-state index is -1.25. The molecule has 0 spiro atoms. The average Bonchev–Trinajstić information content (AvgIpc) is 2.29. The van der Waals surface area contributed by atoms with E-state index < -0.39 is 6.09 Å². The molecule has 0 aliphatic heterocycles. The van der Waals surface area contributed by atoms with E-state index in [1.165, 1.54) is 12.7 Å². The van der Waals surface area contributed by atoms with Gasteiger partial charge in [0, 0.05) is 18.7 Å². The molecule has 110 valence electrons. The van der Waals surface area contributed by atoms with Crippen molar-refractivity contribution in [2.75, 3.05) is 27.7 Å². The molecule has 0 bridgehead atoms. The highest BCUT2D eigenvalue weighted by Gasteiger charge is 2.18. The maximum Gasteiger partial charge on any atom is 0.135 e. The average molecular weight is 382 g/mol. The van der Waals surface area contributed by atoms with Crippen LogP contribution in [0.15, 0.2) is 18.2 Å². The van der Waals surface area contributed by atoms with Crippen molar-refractivity contribution in [3.8, 4) is 5.75 Å². The maximum atomic E-state index is 9.27. The third-order valence-electron chi connectivity index (χ3n) is 2.83. The standard InChI is InChI=1S/C11H17NO.C2H5NO2.HI/c1-5-12(3,4)11-7-6-10(13)8-9(11)2;1-3-2(4)5;/h6-8H,5H2,1-4H3;3H,1H3,(H,4,5);1H. The summed E-state index contributed by atoms with van der Waals surface area (Å²) in [5, 5.41) is 20.2. The van der Waals surface area contributed by atoms with E-state index in [1.807, 2.05) is 24.4 Å². The van der Waals surface area contributed by atoms with Gasteiger partial charge >= 0.3 is 0 Å². The summed E-state index contributed by atoms with van der Waals surface area (Å²) in [4.78, 5) is 9.15. The fourth-order valence-corrected chi connectivity index (χ4v) is 1.49. The number of carboxylic acid groups (broad SMARTS) is 1. The highest BCUT2D eigenvalue weighted by atomic mass is 127. The molecule has 0 atom stereocenters. The third kappa shape index (κ3) is 7.22. The Bertz CT molecular complexity index is 409. The number of aromatic hydroxyl groups is 1. The van der Waals surface area contributed by atoms with Crippen molar-refractivity contribution >= 4 is 35.8 Å². The molecule has 6 heteroatoms. The van der Waals surface area contributed by atoms with Crippen LogP contribution in [0.5, 0.6) is 5.75 Å². The number of phenolic OH excluding ortho intramolecular Hbond substituents is 1. The molecular formula is C13H23IN2O3. The zero-order valence-electron chi connectivity index (χ0n) is 12.1. The number of amides is 1. The maximum absolute atomic E-state index is 9.27. The first-order valence-corrected chi connectivity index (χ1v) is 5.76. The van der Waals surface area contributed by atoms with Gasteiger partial charge in [-0.25, -0.2) is 0 Å². The Labute approximate surface area is 131 Å². The minimum absolute atomic E-state index is 0. The van der Waals surface area contributed by atoms with Crippen LogP contribution in [-0.2, 0) is 0 Å². The summed E-state index contributed by atoms with van der Waals surface area (Å²) in [7, 11) is 5.62. The molecule has 1 amide bonds. The van der Waals surface area contributed by atoms with E-state index in [2.05, 4.69) is 21.0 Å². The number of phenols is 1. The van der Waals surface area contributed by atoms with Crippen molar-refractivity contribution in [3.05, 3.63) is 23.8 Å². The molecule has 19 heavy (non-hydrogen) atoms. The molecular weight excluding hydrogens is 359 g/mol. The highest BCUT2D eigenvalue weighted by molar-refractivity contribution is 14.0. The molecule has 0 saturated carbocycles. The van der Waals surface area contributed by atoms with Crippen molar-refractivity contribution in [2.24, 2.45) is 0 Å². The Morgan fingerprint density at radius 2 is 1.89 bits per heavy atom. The van der Waals surface area contributed by atoms with E-state index in [9.17, 15) is 5.11 Å². The van der Waals surface area contributed by atoms with E-state index >= 15 is 0 Å². The van der Waals surface area contributed by atoms with E-state index in [4.69, 9.17) is 9.90 Å². The van der Waals surface area contributed by atoms with Crippen molar-refractivity contribution in [1.29, 1.82) is 0 Å². The normalized spacial score (nSPS) is 9.74. The number of halogens is 1. The summed E-state index contributed by atoms with van der Waals surface area (Å²) in [5.74, 6) is 0.345. The lowest BCUT2D eigenvalue weighted by Gasteiger charge is -2.29. The van der Waals surface area contributed by atoms with Gasteiger partial charge in [-0.05, 0) is 26.0 Å². The van der Waals surface area contributed by atoms with Crippen LogP contribution in [0.1, 0.15) is 12.5 Å². The Kier molecular flexibility index (Phi) is 9.59. The Balaban J connectivity index is 0. The summed E-state index contributed by atoms with van der Waals surface area (Å²) in [6.45, 7) is 5.24. The van der Waals surface area contributed by atoms with Gasteiger partial charge in [-0.15, -0.1) is 24.0 Å². The zero-order chi connectivity index (χ0) is 14.3. The molecule has 1 aromatic carbocycles. The lowest BCUT2D eigenvalue weighted by Crippen LogP contribution is -2.40. The van der Waals surface area contributed by atoms with Gasteiger partial charge in [0.1, 0.15) is 17.5 Å². The van der Waals surface area contributed by atoms with Crippen LogP contribution >= 0.6 is 24.0 Å². The largest absolute Gasteiger partial charge is 0.530 e. The molecule has 2 N–H and O–H groups in total. The minimum Gasteiger partial charge on any atom is -0.530 e. The first-order valence-electron chi connectivity index (χ1n) is 5.76. The van der Waals surface area contributed by atoms with Crippen LogP contribution in [0.3, 0.4) is 0 Å². The molecule has 0 heterocycles. The molecule has 1 rings (SSSR count). The number of benzene rings is 1. The van der Waals surface area contributed by atoms with Crippen molar-refractivity contribution < 1.29 is 15.0 Å². The van der Waals surface area contributed by atoms with Gasteiger partial charge < -0.3 is 20.3 Å². The molecule has 0 fully saturated rings. The summed E-state index contributed by atoms with van der Waals surface area (Å²) in [5.41, 5.74) is 2.41. The highest BCUT2D eigenvalue weighted by Crippen LogP contribution is 2.26. The monoisotopic (exact) mass is 382 g/mol. The van der Waals surface area contributed by atoms with E-state index in [0.717, 1.165) is 16.6 Å². The summed E-state index contributed by atoms with van der Waals surface area (Å²) >= 11 is 0. The van der Waals surface area contributed by atoms with E-state index in [1.54, 1.807) is 6.07 Å². The van der Waals surface area contributed by atoms with Crippen LogP contribution in [0.2, 0.25) is 0 Å². The van der Waals surface area contributed by atoms with Crippen LogP contribution in [0.4, 0.5) is 10.5 Å². The lowest BCUT2D eigenvalue weighted by molar-refractivity contribution is -0.250. The van der Waals surface area contributed by atoms with Gasteiger partial charge in [-0.1, -0.05) is 0 Å². The first kappa shape index (κ1) is 20.3. The number of nitrogens with zero attached hydrogens (tertiary/aromatic N) is 1. The van der Waals surface area contributed by atoms with Gasteiger partial charge in [0.05, 0.1) is 20.6 Å². The lowest BCUT2D eigenvalue weighted by atomic mass is 10.1. The second kappa shape index (κ2) is 8.98. The summed E-state index contributed by atoms with van der Waals surface area (Å²) in [6.07, 6.45) is -1.25. The van der Waals surface area contributed by atoms with Crippen LogP contribution < -0.4 is 14.9 Å². The van der Waals surface area contributed by atoms with Gasteiger partial charge in [0.15, 0.2) is 0 Å². The first-order chi connectivity index (χ1) is 8.24. The van der Waals surface area contributed by atoms with E-state index in [0.29, 0.717) is 5.75 Å². The number of aryl methyl sites for hydroxylation is 1. The number of quaternary nitrogens is 1. The van der Waals surface area contributed by atoms with Crippen molar-refractivity contribution in [1.82, 2.24) is 9.80 Å². The van der Waals surface area contributed by atoms with Gasteiger partial charge in [0.2, 0.25) is 0 Å². The molecule has 0 radical (unpaired) electrons. The number of carbonyl (C=O) groups excluding carboxylic acids is 1. The molecule has 1 aromatic rings. The van der Waals surface area contributed by atoms with Gasteiger partial charge in [-0.2, -0.15) is 0 Å². The predicted molar refractivity (Wildman–Crippen MR) is 86.9 cm³/mol. The van der Waals surface area contributed by atoms with Gasteiger partial charge in [-0.3, -0.25) is 4.48 Å². The van der Waals surface area contributed by atoms with Crippen molar-refractivity contribution in [3.63, 3.8) is 0 Å². The molecule has 5 nitrogen and oxygen atoms in total. The third-order valence-corrected chi connectivity index (χ3v) is 2.83. The smallest absolute Gasteiger partial charge is 0.135 e. The number of hydrogen-bond donors (Lipinski definition) is 2. The molecule has 0 aliphatic rings. The summed E-state index contributed by atoms with van der Waals surface area (Å²) < 4.78 is 0.853. The summed E-state index contributed by atoms with van der Waals surface area (Å²) in [6, 6.07) is 5.55. The molecule has 0 aromatic heterocycles.